The second-order valence-electron chi connectivity index (χ2n) is 6.89. The van der Waals surface area contributed by atoms with Crippen LogP contribution in [0.15, 0.2) is 32.8 Å². The molecule has 0 aliphatic heterocycles. The maximum Gasteiger partial charge on any atom is 0.263 e. The molecule has 1 atom stereocenters. The average Bonchev–Trinajstić information content (AvgIpc) is 3.33. The standard InChI is InChI=1S/C20H23N3O3S2/c1-3-23-19(25)16-14-8-4-5-9-15(14)28-18(16)22-20(23)27-12(2)17(24)21-11-13-7-6-10-26-13/h6-7,10,12H,3-5,8-9,11H2,1-2H3,(H,21,24). The zero-order chi connectivity index (χ0) is 19.7. The van der Waals surface area contributed by atoms with E-state index >= 15 is 0 Å². The lowest BCUT2D eigenvalue weighted by Gasteiger charge is -2.15. The van der Waals surface area contributed by atoms with Crippen LogP contribution in [0.1, 0.15) is 42.9 Å². The summed E-state index contributed by atoms with van der Waals surface area (Å²) in [5, 5.41) is 3.90. The second kappa shape index (κ2) is 8.13. The van der Waals surface area contributed by atoms with Crippen molar-refractivity contribution in [2.45, 2.75) is 63.0 Å². The first-order chi connectivity index (χ1) is 13.6. The van der Waals surface area contributed by atoms with Gasteiger partial charge in [0.25, 0.3) is 5.56 Å². The number of carbonyl (C=O) groups is 1. The predicted molar refractivity (Wildman–Crippen MR) is 112 cm³/mol. The number of nitrogens with zero attached hydrogens (tertiary/aromatic N) is 2. The van der Waals surface area contributed by atoms with Crippen LogP contribution >= 0.6 is 23.1 Å². The number of hydrogen-bond acceptors (Lipinski definition) is 6. The number of nitrogens with one attached hydrogen (secondary N) is 1. The van der Waals surface area contributed by atoms with Gasteiger partial charge in [0.2, 0.25) is 5.91 Å². The van der Waals surface area contributed by atoms with Crippen molar-refractivity contribution in [3.8, 4) is 0 Å². The molecule has 1 N–H and O–H groups in total. The fourth-order valence-electron chi connectivity index (χ4n) is 3.53. The van der Waals surface area contributed by atoms with Crippen molar-refractivity contribution in [1.29, 1.82) is 0 Å². The van der Waals surface area contributed by atoms with Crippen LogP contribution in [-0.4, -0.2) is 20.7 Å². The number of aromatic nitrogens is 2. The Morgan fingerprint density at radius 3 is 3.00 bits per heavy atom. The summed E-state index contributed by atoms with van der Waals surface area (Å²) in [6, 6.07) is 3.61. The van der Waals surface area contributed by atoms with Crippen molar-refractivity contribution in [2.24, 2.45) is 0 Å². The highest BCUT2D eigenvalue weighted by atomic mass is 32.2. The molecule has 148 valence electrons. The van der Waals surface area contributed by atoms with Crippen molar-refractivity contribution in [3.05, 3.63) is 45.0 Å². The Morgan fingerprint density at radius 1 is 1.43 bits per heavy atom. The largest absolute Gasteiger partial charge is 0.467 e. The maximum atomic E-state index is 13.1. The van der Waals surface area contributed by atoms with Gasteiger partial charge in [-0.2, -0.15) is 0 Å². The monoisotopic (exact) mass is 417 g/mol. The van der Waals surface area contributed by atoms with E-state index in [0.29, 0.717) is 24.0 Å². The van der Waals surface area contributed by atoms with E-state index in [1.54, 1.807) is 28.2 Å². The molecule has 0 saturated heterocycles. The van der Waals surface area contributed by atoms with Gasteiger partial charge in [0, 0.05) is 11.4 Å². The van der Waals surface area contributed by atoms with Crippen molar-refractivity contribution in [2.75, 3.05) is 0 Å². The number of fused-ring (bicyclic) bond motifs is 3. The summed E-state index contributed by atoms with van der Waals surface area (Å²) in [5.41, 5.74) is 1.23. The van der Waals surface area contributed by atoms with Crippen LogP contribution in [-0.2, 0) is 30.7 Å². The zero-order valence-electron chi connectivity index (χ0n) is 16.0. The Bertz CT molecular complexity index is 1050. The molecular weight excluding hydrogens is 394 g/mol. The Balaban J connectivity index is 1.59. The van der Waals surface area contributed by atoms with E-state index in [-0.39, 0.29) is 16.7 Å². The highest BCUT2D eigenvalue weighted by Crippen LogP contribution is 2.35. The van der Waals surface area contributed by atoms with Gasteiger partial charge in [-0.3, -0.25) is 14.2 Å². The van der Waals surface area contributed by atoms with Crippen LogP contribution in [0.3, 0.4) is 0 Å². The fraction of sp³-hybridized carbons (Fsp3) is 0.450. The third kappa shape index (κ3) is 3.63. The van der Waals surface area contributed by atoms with Gasteiger partial charge in [0.1, 0.15) is 10.6 Å². The summed E-state index contributed by atoms with van der Waals surface area (Å²) in [6.07, 6.45) is 5.90. The summed E-state index contributed by atoms with van der Waals surface area (Å²) in [6.45, 7) is 4.66. The average molecular weight is 418 g/mol. The minimum absolute atomic E-state index is 0.0255. The molecule has 1 aliphatic carbocycles. The van der Waals surface area contributed by atoms with Gasteiger partial charge >= 0.3 is 0 Å². The fourth-order valence-corrected chi connectivity index (χ4v) is 5.83. The highest BCUT2D eigenvalue weighted by molar-refractivity contribution is 8.00. The number of thioether (sulfide) groups is 1. The first-order valence-electron chi connectivity index (χ1n) is 9.60. The Morgan fingerprint density at radius 2 is 2.25 bits per heavy atom. The molecule has 6 nitrogen and oxygen atoms in total. The molecule has 0 spiro atoms. The van der Waals surface area contributed by atoms with E-state index in [1.165, 1.54) is 28.6 Å². The van der Waals surface area contributed by atoms with E-state index in [1.807, 2.05) is 19.9 Å². The number of aryl methyl sites for hydroxylation is 2. The van der Waals surface area contributed by atoms with Crippen molar-refractivity contribution in [3.63, 3.8) is 0 Å². The minimum Gasteiger partial charge on any atom is -0.467 e. The second-order valence-corrected chi connectivity index (χ2v) is 9.28. The number of amides is 1. The van der Waals surface area contributed by atoms with Crippen LogP contribution in [0, 0.1) is 0 Å². The molecule has 1 unspecified atom stereocenters. The number of thiophene rings is 1. The molecule has 8 heteroatoms. The van der Waals surface area contributed by atoms with Crippen molar-refractivity contribution < 1.29 is 9.21 Å². The molecule has 3 aromatic rings. The minimum atomic E-state index is -0.369. The predicted octanol–water partition coefficient (Wildman–Crippen LogP) is 3.75. The lowest BCUT2D eigenvalue weighted by atomic mass is 9.97. The van der Waals surface area contributed by atoms with Crippen LogP contribution in [0.4, 0.5) is 0 Å². The molecule has 0 aromatic carbocycles. The molecule has 28 heavy (non-hydrogen) atoms. The van der Waals surface area contributed by atoms with Gasteiger partial charge in [-0.05, 0) is 57.2 Å². The molecular formula is C20H23N3O3S2. The van der Waals surface area contributed by atoms with E-state index in [4.69, 9.17) is 9.40 Å². The summed E-state index contributed by atoms with van der Waals surface area (Å²) in [4.78, 5) is 32.5. The summed E-state index contributed by atoms with van der Waals surface area (Å²) in [7, 11) is 0. The zero-order valence-corrected chi connectivity index (χ0v) is 17.6. The Hall–Kier alpha value is -2.06. The van der Waals surface area contributed by atoms with E-state index in [0.717, 1.165) is 29.5 Å². The molecule has 1 aliphatic rings. The molecule has 3 aromatic heterocycles. The highest BCUT2D eigenvalue weighted by Gasteiger charge is 2.24. The third-order valence-corrected chi connectivity index (χ3v) is 7.30. The quantitative estimate of drug-likeness (QED) is 0.488. The van der Waals surface area contributed by atoms with Crippen LogP contribution in [0.5, 0.6) is 0 Å². The SMILES string of the molecule is CCn1c(SC(C)C(=O)NCc2ccco2)nc2sc3c(c2c1=O)CCCC3. The summed E-state index contributed by atoms with van der Waals surface area (Å²) < 4.78 is 6.94. The van der Waals surface area contributed by atoms with Crippen LogP contribution in [0.25, 0.3) is 10.2 Å². The molecule has 3 heterocycles. The summed E-state index contributed by atoms with van der Waals surface area (Å²) >= 11 is 2.97. The van der Waals surface area contributed by atoms with Crippen LogP contribution < -0.4 is 10.9 Å². The van der Waals surface area contributed by atoms with Gasteiger partial charge in [-0.1, -0.05) is 11.8 Å². The number of rotatable bonds is 6. The molecule has 1 amide bonds. The lowest BCUT2D eigenvalue weighted by molar-refractivity contribution is -0.120. The van der Waals surface area contributed by atoms with Crippen molar-refractivity contribution in [1.82, 2.24) is 14.9 Å². The topological polar surface area (TPSA) is 77.1 Å². The molecule has 4 rings (SSSR count). The maximum absolute atomic E-state index is 13.1. The first-order valence-corrected chi connectivity index (χ1v) is 11.3. The van der Waals surface area contributed by atoms with Gasteiger partial charge in [-0.15, -0.1) is 11.3 Å². The summed E-state index contributed by atoms with van der Waals surface area (Å²) in [5.74, 6) is 0.601. The van der Waals surface area contributed by atoms with Gasteiger partial charge < -0.3 is 9.73 Å². The molecule has 0 saturated carbocycles. The van der Waals surface area contributed by atoms with Gasteiger partial charge in [-0.25, -0.2) is 4.98 Å². The normalized spacial score (nSPS) is 14.8. The Kier molecular flexibility index (Phi) is 5.59. The van der Waals surface area contributed by atoms with Crippen LogP contribution in [0.2, 0.25) is 0 Å². The Labute approximate surface area is 171 Å². The van der Waals surface area contributed by atoms with E-state index in [9.17, 15) is 9.59 Å². The number of carbonyl (C=O) groups excluding carboxylic acids is 1. The van der Waals surface area contributed by atoms with Crippen molar-refractivity contribution >= 4 is 39.2 Å². The molecule has 0 radical (unpaired) electrons. The van der Waals surface area contributed by atoms with E-state index < -0.39 is 0 Å². The van der Waals surface area contributed by atoms with Gasteiger partial charge in [0.15, 0.2) is 5.16 Å². The van der Waals surface area contributed by atoms with E-state index in [2.05, 4.69) is 5.32 Å². The number of furan rings is 1. The molecule has 0 bridgehead atoms. The molecule has 0 fully saturated rings. The number of hydrogen-bond donors (Lipinski definition) is 1. The van der Waals surface area contributed by atoms with Gasteiger partial charge in [0.05, 0.1) is 23.4 Å². The smallest absolute Gasteiger partial charge is 0.263 e. The first kappa shape index (κ1) is 19.3. The lowest BCUT2D eigenvalue weighted by Crippen LogP contribution is -2.31. The third-order valence-electron chi connectivity index (χ3n) is 5.02.